The van der Waals surface area contributed by atoms with Crippen molar-refractivity contribution in [3.8, 4) is 0 Å². The van der Waals surface area contributed by atoms with E-state index >= 15 is 0 Å². The van der Waals surface area contributed by atoms with Crippen LogP contribution in [0, 0.1) is 0 Å². The number of nitrogens with one attached hydrogen (secondary N) is 1. The van der Waals surface area contributed by atoms with Gasteiger partial charge >= 0.3 is 0 Å². The lowest BCUT2D eigenvalue weighted by Gasteiger charge is -1.99. The Hall–Kier alpha value is -1.11. The highest BCUT2D eigenvalue weighted by molar-refractivity contribution is 7.81. The Labute approximate surface area is 109 Å². The van der Waals surface area contributed by atoms with Crippen molar-refractivity contribution < 1.29 is 0 Å². The fraction of sp³-hybridized carbons (Fsp3) is 0.100. The fourth-order valence-electron chi connectivity index (χ4n) is 0.920. The molecular weight excluding hydrogens is 258 g/mol. The second-order valence-corrected chi connectivity index (χ2v) is 4.70. The number of rotatable bonds is 2. The summed E-state index contributed by atoms with van der Waals surface area (Å²) in [5, 5.41) is 5.01. The molecule has 1 heterocycles. The van der Waals surface area contributed by atoms with E-state index in [1.807, 2.05) is 36.6 Å². The van der Waals surface area contributed by atoms with Crippen molar-refractivity contribution in [2.24, 2.45) is 10.7 Å². The second-order valence-electron chi connectivity index (χ2n) is 2.90. The fourth-order valence-corrected chi connectivity index (χ4v) is 1.95. The third kappa shape index (κ3) is 5.11. The molecule has 1 aromatic rings. The summed E-state index contributed by atoms with van der Waals surface area (Å²) in [6.07, 6.45) is 3.87. The second kappa shape index (κ2) is 6.47. The Morgan fingerprint density at radius 1 is 1.56 bits per heavy atom. The Morgan fingerprint density at radius 3 is 2.88 bits per heavy atom. The summed E-state index contributed by atoms with van der Waals surface area (Å²) >= 11 is 11.2. The van der Waals surface area contributed by atoms with Crippen LogP contribution >= 0.6 is 35.8 Å². The van der Waals surface area contributed by atoms with Crippen LogP contribution in [0.15, 0.2) is 28.6 Å². The average molecular weight is 269 g/mol. The lowest BCUT2D eigenvalue weighted by atomic mass is 10.3. The van der Waals surface area contributed by atoms with E-state index in [-0.39, 0.29) is 10.2 Å². The molecule has 0 radical (unpaired) electrons. The molecule has 6 heteroatoms. The van der Waals surface area contributed by atoms with Crippen molar-refractivity contribution in [2.75, 3.05) is 0 Å². The molecule has 0 saturated carbocycles. The zero-order valence-electron chi connectivity index (χ0n) is 8.64. The van der Waals surface area contributed by atoms with Gasteiger partial charge in [0.15, 0.2) is 10.2 Å². The predicted molar refractivity (Wildman–Crippen MR) is 79.0 cm³/mol. The monoisotopic (exact) mass is 269 g/mol. The third-order valence-corrected chi connectivity index (χ3v) is 2.67. The van der Waals surface area contributed by atoms with E-state index in [4.69, 9.17) is 18.0 Å². The van der Waals surface area contributed by atoms with Gasteiger partial charge < -0.3 is 11.1 Å². The van der Waals surface area contributed by atoms with Crippen molar-refractivity contribution in [1.82, 2.24) is 5.32 Å². The molecule has 0 aliphatic heterocycles. The number of aliphatic imine (C=N–C) groups is 1. The molecule has 0 aliphatic carbocycles. The van der Waals surface area contributed by atoms with Gasteiger partial charge in [-0.2, -0.15) is 0 Å². The molecule has 0 saturated heterocycles. The maximum Gasteiger partial charge on any atom is 0.199 e. The van der Waals surface area contributed by atoms with Gasteiger partial charge in [0.1, 0.15) is 0 Å². The zero-order valence-corrected chi connectivity index (χ0v) is 11.1. The third-order valence-electron chi connectivity index (χ3n) is 1.54. The quantitative estimate of drug-likeness (QED) is 0.639. The van der Waals surface area contributed by atoms with Crippen LogP contribution in [0.25, 0.3) is 6.08 Å². The predicted octanol–water partition coefficient (Wildman–Crippen LogP) is 2.34. The molecule has 0 spiro atoms. The molecule has 16 heavy (non-hydrogen) atoms. The van der Waals surface area contributed by atoms with Crippen LogP contribution in [-0.2, 0) is 0 Å². The number of thiocarbonyl (C=S) groups is 2. The molecular formula is C10H11N3S3. The summed E-state index contributed by atoms with van der Waals surface area (Å²) in [7, 11) is 0. The van der Waals surface area contributed by atoms with Crippen LogP contribution in [-0.4, -0.2) is 15.9 Å². The van der Waals surface area contributed by atoms with Gasteiger partial charge in [-0.3, -0.25) is 0 Å². The van der Waals surface area contributed by atoms with E-state index in [9.17, 15) is 0 Å². The molecule has 0 aliphatic rings. The topological polar surface area (TPSA) is 50.4 Å². The largest absolute Gasteiger partial charge is 0.376 e. The smallest absolute Gasteiger partial charge is 0.199 e. The van der Waals surface area contributed by atoms with Gasteiger partial charge in [-0.15, -0.1) is 11.3 Å². The van der Waals surface area contributed by atoms with Gasteiger partial charge in [0.25, 0.3) is 0 Å². The van der Waals surface area contributed by atoms with Gasteiger partial charge in [-0.25, -0.2) is 4.99 Å². The van der Waals surface area contributed by atoms with Gasteiger partial charge in [0.2, 0.25) is 0 Å². The molecule has 84 valence electrons. The van der Waals surface area contributed by atoms with E-state index in [1.54, 1.807) is 11.3 Å². The average Bonchev–Trinajstić information content (AvgIpc) is 2.65. The number of nitrogens with zero attached hydrogens (tertiary/aromatic N) is 1. The molecule has 1 aromatic heterocycles. The van der Waals surface area contributed by atoms with Gasteiger partial charge in [0, 0.05) is 10.6 Å². The van der Waals surface area contributed by atoms with Crippen molar-refractivity contribution >= 4 is 57.8 Å². The maximum atomic E-state index is 5.27. The highest BCUT2D eigenvalue weighted by Gasteiger charge is 1.94. The molecule has 3 N–H and O–H groups in total. The number of nitrogens with two attached hydrogens (primary N) is 1. The first-order valence-electron chi connectivity index (χ1n) is 4.45. The minimum absolute atomic E-state index is 0.129. The SMILES string of the molecule is CC(C=Cc1cccs1)=NC(=S)NC(N)=S. The number of hydrogen-bond donors (Lipinski definition) is 2. The first-order chi connectivity index (χ1) is 7.58. The van der Waals surface area contributed by atoms with E-state index in [0.717, 1.165) is 5.71 Å². The molecule has 0 amide bonds. The van der Waals surface area contributed by atoms with Crippen LogP contribution in [0.2, 0.25) is 0 Å². The van der Waals surface area contributed by atoms with Crippen LogP contribution in [0.4, 0.5) is 0 Å². The standard InChI is InChI=1S/C10H11N3S3/c1-7(12-10(15)13-9(11)14)4-5-8-3-2-6-16-8/h2-6H,1H3,(H3,11,13,14,15). The Balaban J connectivity index is 2.57. The Kier molecular flexibility index (Phi) is 5.24. The lowest BCUT2D eigenvalue weighted by molar-refractivity contribution is 1.35. The summed E-state index contributed by atoms with van der Waals surface area (Å²) in [4.78, 5) is 5.27. The minimum Gasteiger partial charge on any atom is -0.376 e. The summed E-state index contributed by atoms with van der Waals surface area (Å²) in [6.45, 7) is 1.86. The lowest BCUT2D eigenvalue weighted by Crippen LogP contribution is -2.32. The van der Waals surface area contributed by atoms with Crippen molar-refractivity contribution in [2.45, 2.75) is 6.92 Å². The zero-order chi connectivity index (χ0) is 12.0. The number of thiophene rings is 1. The summed E-state index contributed by atoms with van der Waals surface area (Å²) in [6, 6.07) is 4.02. The van der Waals surface area contributed by atoms with Crippen molar-refractivity contribution in [1.29, 1.82) is 0 Å². The summed E-state index contributed by atoms with van der Waals surface area (Å²) in [5.41, 5.74) is 6.06. The van der Waals surface area contributed by atoms with E-state index in [2.05, 4.69) is 22.5 Å². The highest BCUT2D eigenvalue weighted by Crippen LogP contribution is 2.10. The van der Waals surface area contributed by atoms with E-state index in [1.165, 1.54) is 4.88 Å². The molecule has 0 fully saturated rings. The molecule has 0 aromatic carbocycles. The molecule has 1 rings (SSSR count). The van der Waals surface area contributed by atoms with Crippen molar-refractivity contribution in [3.05, 3.63) is 28.5 Å². The Bertz CT molecular complexity index is 432. The van der Waals surface area contributed by atoms with Crippen LogP contribution in [0.5, 0.6) is 0 Å². The normalized spacial score (nSPS) is 11.7. The minimum atomic E-state index is 0.129. The number of hydrogen-bond acceptors (Lipinski definition) is 3. The molecule has 0 atom stereocenters. The van der Waals surface area contributed by atoms with Crippen LogP contribution < -0.4 is 11.1 Å². The maximum absolute atomic E-state index is 5.27. The van der Waals surface area contributed by atoms with Gasteiger partial charge in [0.05, 0.1) is 0 Å². The summed E-state index contributed by atoms with van der Waals surface area (Å²) < 4.78 is 0. The van der Waals surface area contributed by atoms with E-state index < -0.39 is 0 Å². The first-order valence-corrected chi connectivity index (χ1v) is 6.15. The number of allylic oxidation sites excluding steroid dienone is 1. The van der Waals surface area contributed by atoms with Crippen molar-refractivity contribution in [3.63, 3.8) is 0 Å². The molecule has 0 bridgehead atoms. The van der Waals surface area contributed by atoms with Gasteiger partial charge in [-0.05, 0) is 55.0 Å². The Morgan fingerprint density at radius 2 is 2.31 bits per heavy atom. The highest BCUT2D eigenvalue weighted by atomic mass is 32.1. The first kappa shape index (κ1) is 13.0. The molecule has 0 unspecified atom stereocenters. The molecule has 3 nitrogen and oxygen atoms in total. The van der Waals surface area contributed by atoms with Crippen LogP contribution in [0.3, 0.4) is 0 Å². The van der Waals surface area contributed by atoms with Gasteiger partial charge in [-0.1, -0.05) is 6.07 Å². The van der Waals surface area contributed by atoms with Crippen LogP contribution in [0.1, 0.15) is 11.8 Å². The summed E-state index contributed by atoms with van der Waals surface area (Å²) in [5.74, 6) is 0. The van der Waals surface area contributed by atoms with E-state index in [0.29, 0.717) is 0 Å².